The predicted molar refractivity (Wildman–Crippen MR) is 71.8 cm³/mol. The zero-order valence-corrected chi connectivity index (χ0v) is 10.5. The van der Waals surface area contributed by atoms with E-state index in [-0.39, 0.29) is 18.0 Å². The Kier molecular flexibility index (Phi) is 6.13. The molecule has 100 valence electrons. The van der Waals surface area contributed by atoms with Crippen LogP contribution in [0.1, 0.15) is 15.9 Å². The summed E-state index contributed by atoms with van der Waals surface area (Å²) >= 11 is 0. The van der Waals surface area contributed by atoms with E-state index >= 15 is 0 Å². The van der Waals surface area contributed by atoms with E-state index in [9.17, 15) is 9.59 Å². The molecule has 5 heteroatoms. The molecule has 0 bridgehead atoms. The summed E-state index contributed by atoms with van der Waals surface area (Å²) in [5, 5.41) is 14.3. The Labute approximate surface area is 112 Å². The Morgan fingerprint density at radius 3 is 2.53 bits per heavy atom. The van der Waals surface area contributed by atoms with Gasteiger partial charge in [-0.1, -0.05) is 18.1 Å². The van der Waals surface area contributed by atoms with Crippen molar-refractivity contribution in [3.63, 3.8) is 0 Å². The molecule has 0 saturated carbocycles. The average Bonchev–Trinajstić information content (AvgIpc) is 2.39. The number of nitrogens with one attached hydrogen (secondary N) is 2. The fourth-order valence-corrected chi connectivity index (χ4v) is 1.47. The molecule has 0 aliphatic carbocycles. The number of terminal acetylenes is 1. The molecular formula is C14H16N2O3. The first-order chi connectivity index (χ1) is 9.13. The molecule has 0 radical (unpaired) electrons. The van der Waals surface area contributed by atoms with Gasteiger partial charge in [-0.3, -0.25) is 10.1 Å². The highest BCUT2D eigenvalue weighted by molar-refractivity contribution is 5.87. The number of carboxylic acids is 1. The van der Waals surface area contributed by atoms with Crippen molar-refractivity contribution in [1.29, 1.82) is 0 Å². The van der Waals surface area contributed by atoms with Gasteiger partial charge in [0.2, 0.25) is 5.91 Å². The van der Waals surface area contributed by atoms with Crippen LogP contribution in [0, 0.1) is 12.3 Å². The highest BCUT2D eigenvalue weighted by Crippen LogP contribution is 2.04. The molecule has 5 nitrogen and oxygen atoms in total. The summed E-state index contributed by atoms with van der Waals surface area (Å²) in [4.78, 5) is 22.0. The Morgan fingerprint density at radius 1 is 1.26 bits per heavy atom. The van der Waals surface area contributed by atoms with E-state index in [4.69, 9.17) is 11.5 Å². The summed E-state index contributed by atoms with van der Waals surface area (Å²) in [6.45, 7) is 1.06. The number of hydrogen-bond acceptors (Lipinski definition) is 3. The maximum atomic E-state index is 11.3. The lowest BCUT2D eigenvalue weighted by Crippen LogP contribution is -2.35. The molecule has 0 fully saturated rings. The topological polar surface area (TPSA) is 78.4 Å². The van der Waals surface area contributed by atoms with Gasteiger partial charge < -0.3 is 10.4 Å². The molecule has 0 saturated heterocycles. The van der Waals surface area contributed by atoms with Crippen molar-refractivity contribution >= 4 is 11.9 Å². The van der Waals surface area contributed by atoms with Gasteiger partial charge in [0.15, 0.2) is 0 Å². The number of benzene rings is 1. The standard InChI is InChI=1S/C14H16N2O3/c1-2-8-15-10-13(17)16-9-7-11-3-5-12(6-4-11)14(18)19/h1,3-6,15H,7-10H2,(H,16,17)(H,18,19). The minimum Gasteiger partial charge on any atom is -0.478 e. The molecule has 0 heterocycles. The number of carbonyl (C=O) groups excluding carboxylic acids is 1. The molecule has 1 aromatic carbocycles. The normalized spacial score (nSPS) is 9.63. The lowest BCUT2D eigenvalue weighted by Gasteiger charge is -2.05. The quantitative estimate of drug-likeness (QED) is 0.485. The van der Waals surface area contributed by atoms with E-state index in [0.29, 0.717) is 19.5 Å². The van der Waals surface area contributed by atoms with Crippen LogP contribution in [0.15, 0.2) is 24.3 Å². The van der Waals surface area contributed by atoms with E-state index in [1.807, 2.05) is 0 Å². The monoisotopic (exact) mass is 260 g/mol. The number of rotatable bonds is 7. The lowest BCUT2D eigenvalue weighted by molar-refractivity contribution is -0.120. The molecule has 0 spiro atoms. The highest BCUT2D eigenvalue weighted by Gasteiger charge is 2.02. The van der Waals surface area contributed by atoms with Crippen molar-refractivity contribution in [2.75, 3.05) is 19.6 Å². The van der Waals surface area contributed by atoms with Crippen LogP contribution in [-0.2, 0) is 11.2 Å². The maximum absolute atomic E-state index is 11.3. The summed E-state index contributed by atoms with van der Waals surface area (Å²) in [5.74, 6) is 1.32. The smallest absolute Gasteiger partial charge is 0.335 e. The van der Waals surface area contributed by atoms with E-state index in [1.54, 1.807) is 24.3 Å². The number of aromatic carboxylic acids is 1. The van der Waals surface area contributed by atoms with Crippen LogP contribution in [0.25, 0.3) is 0 Å². The van der Waals surface area contributed by atoms with E-state index < -0.39 is 5.97 Å². The Hall–Kier alpha value is -2.32. The lowest BCUT2D eigenvalue weighted by atomic mass is 10.1. The molecule has 1 aromatic rings. The highest BCUT2D eigenvalue weighted by atomic mass is 16.4. The van der Waals surface area contributed by atoms with Crippen molar-refractivity contribution in [2.24, 2.45) is 0 Å². The first-order valence-electron chi connectivity index (χ1n) is 5.86. The number of carbonyl (C=O) groups is 2. The minimum absolute atomic E-state index is 0.114. The largest absolute Gasteiger partial charge is 0.478 e. The zero-order valence-electron chi connectivity index (χ0n) is 10.5. The Bertz CT molecular complexity index is 474. The summed E-state index contributed by atoms with van der Waals surface area (Å²) < 4.78 is 0. The third-order valence-corrected chi connectivity index (χ3v) is 2.45. The third kappa shape index (κ3) is 5.70. The fourth-order valence-electron chi connectivity index (χ4n) is 1.47. The van der Waals surface area contributed by atoms with Crippen molar-refractivity contribution in [3.05, 3.63) is 35.4 Å². The van der Waals surface area contributed by atoms with Crippen LogP contribution in [0.5, 0.6) is 0 Å². The Morgan fingerprint density at radius 2 is 1.95 bits per heavy atom. The molecule has 1 amide bonds. The van der Waals surface area contributed by atoms with E-state index in [1.165, 1.54) is 0 Å². The molecule has 3 N–H and O–H groups in total. The third-order valence-electron chi connectivity index (χ3n) is 2.45. The summed E-state index contributed by atoms with van der Waals surface area (Å²) in [6, 6.07) is 6.58. The zero-order chi connectivity index (χ0) is 14.1. The van der Waals surface area contributed by atoms with Crippen molar-refractivity contribution < 1.29 is 14.7 Å². The first kappa shape index (κ1) is 14.7. The van der Waals surface area contributed by atoms with Gasteiger partial charge in [0.1, 0.15) is 0 Å². The second kappa shape index (κ2) is 7.90. The van der Waals surface area contributed by atoms with Crippen LogP contribution in [0.3, 0.4) is 0 Å². The molecule has 0 atom stereocenters. The van der Waals surface area contributed by atoms with Gasteiger partial charge in [-0.05, 0) is 24.1 Å². The van der Waals surface area contributed by atoms with Gasteiger partial charge in [-0.15, -0.1) is 6.42 Å². The van der Waals surface area contributed by atoms with Crippen LogP contribution in [-0.4, -0.2) is 36.6 Å². The van der Waals surface area contributed by atoms with E-state index in [2.05, 4.69) is 16.6 Å². The average molecular weight is 260 g/mol. The molecule has 0 unspecified atom stereocenters. The van der Waals surface area contributed by atoms with Gasteiger partial charge in [-0.2, -0.15) is 0 Å². The molecule has 0 aliphatic rings. The number of amides is 1. The number of carboxylic acid groups (broad SMARTS) is 1. The van der Waals surface area contributed by atoms with Crippen LogP contribution in [0.2, 0.25) is 0 Å². The summed E-state index contributed by atoms with van der Waals surface area (Å²) in [6.07, 6.45) is 5.69. The summed E-state index contributed by atoms with van der Waals surface area (Å²) in [7, 11) is 0. The molecule has 19 heavy (non-hydrogen) atoms. The minimum atomic E-state index is -0.945. The maximum Gasteiger partial charge on any atom is 0.335 e. The summed E-state index contributed by atoms with van der Waals surface area (Å²) in [5.41, 5.74) is 1.23. The molecule has 0 aromatic heterocycles. The number of hydrogen-bond donors (Lipinski definition) is 3. The van der Waals surface area contributed by atoms with Crippen LogP contribution >= 0.6 is 0 Å². The van der Waals surface area contributed by atoms with Crippen LogP contribution in [0.4, 0.5) is 0 Å². The molecule has 0 aliphatic heterocycles. The van der Waals surface area contributed by atoms with Crippen molar-refractivity contribution in [3.8, 4) is 12.3 Å². The SMILES string of the molecule is C#CCNCC(=O)NCCc1ccc(C(=O)O)cc1. The second-order valence-electron chi connectivity index (χ2n) is 3.91. The van der Waals surface area contributed by atoms with Crippen LogP contribution < -0.4 is 10.6 Å². The fraction of sp³-hybridized carbons (Fsp3) is 0.286. The van der Waals surface area contributed by atoms with Gasteiger partial charge >= 0.3 is 5.97 Å². The molecule has 1 rings (SSSR count). The molecular weight excluding hydrogens is 244 g/mol. The van der Waals surface area contributed by atoms with Gasteiger partial charge in [0.05, 0.1) is 18.7 Å². The Balaban J connectivity index is 2.27. The van der Waals surface area contributed by atoms with E-state index in [0.717, 1.165) is 5.56 Å². The first-order valence-corrected chi connectivity index (χ1v) is 5.86. The van der Waals surface area contributed by atoms with Gasteiger partial charge in [0, 0.05) is 6.54 Å². The predicted octanol–water partition coefficient (Wildman–Crippen LogP) is 0.266. The van der Waals surface area contributed by atoms with Crippen molar-refractivity contribution in [2.45, 2.75) is 6.42 Å². The second-order valence-corrected chi connectivity index (χ2v) is 3.91. The van der Waals surface area contributed by atoms with Gasteiger partial charge in [-0.25, -0.2) is 4.79 Å². The van der Waals surface area contributed by atoms with Gasteiger partial charge in [0.25, 0.3) is 0 Å². The van der Waals surface area contributed by atoms with Crippen molar-refractivity contribution in [1.82, 2.24) is 10.6 Å².